The Balaban J connectivity index is 1.64. The van der Waals surface area contributed by atoms with E-state index in [2.05, 4.69) is 5.32 Å². The Hall–Kier alpha value is -1.95. The number of carbonyl (C=O) groups is 1. The first-order valence-electron chi connectivity index (χ1n) is 8.26. The summed E-state index contributed by atoms with van der Waals surface area (Å²) in [5.74, 6) is 1.48. The Morgan fingerprint density at radius 2 is 2.09 bits per heavy atom. The van der Waals surface area contributed by atoms with Crippen LogP contribution in [0.1, 0.15) is 37.8 Å². The van der Waals surface area contributed by atoms with Crippen molar-refractivity contribution in [3.8, 4) is 11.5 Å². The molecular weight excluding hydrogens is 296 g/mol. The molecule has 1 fully saturated rings. The molecule has 0 bridgehead atoms. The zero-order chi connectivity index (χ0) is 16.2. The summed E-state index contributed by atoms with van der Waals surface area (Å²) < 4.78 is 11.3. The van der Waals surface area contributed by atoms with Crippen molar-refractivity contribution >= 4 is 6.03 Å². The van der Waals surface area contributed by atoms with Crippen LogP contribution in [0.4, 0.5) is 4.79 Å². The first kappa shape index (κ1) is 15.9. The van der Waals surface area contributed by atoms with E-state index in [1.807, 2.05) is 25.1 Å². The number of ether oxygens (including phenoxy) is 2. The van der Waals surface area contributed by atoms with Gasteiger partial charge >= 0.3 is 6.03 Å². The molecule has 0 saturated carbocycles. The van der Waals surface area contributed by atoms with Gasteiger partial charge in [-0.3, -0.25) is 0 Å². The number of fused-ring (bicyclic) bond motifs is 1. The molecule has 6 heteroatoms. The van der Waals surface area contributed by atoms with E-state index in [4.69, 9.17) is 9.47 Å². The quantitative estimate of drug-likeness (QED) is 0.875. The van der Waals surface area contributed by atoms with Crippen LogP contribution in [0.15, 0.2) is 18.2 Å². The van der Waals surface area contributed by atoms with E-state index in [0.717, 1.165) is 36.3 Å². The Morgan fingerprint density at radius 3 is 2.87 bits per heavy atom. The van der Waals surface area contributed by atoms with Crippen LogP contribution in [0.25, 0.3) is 0 Å². The summed E-state index contributed by atoms with van der Waals surface area (Å²) in [5, 5.41) is 12.7. The summed E-state index contributed by atoms with van der Waals surface area (Å²) in [6.45, 7) is 4.34. The molecule has 3 rings (SSSR count). The number of β-amino-alcohol motifs (C(OH)–C–C–N with tert-alkyl or cyclic N) is 1. The Kier molecular flexibility index (Phi) is 4.91. The summed E-state index contributed by atoms with van der Waals surface area (Å²) >= 11 is 0. The average molecular weight is 320 g/mol. The summed E-state index contributed by atoms with van der Waals surface area (Å²) in [6.07, 6.45) is 2.06. The van der Waals surface area contributed by atoms with Crippen molar-refractivity contribution in [2.75, 3.05) is 26.3 Å². The van der Waals surface area contributed by atoms with Crippen LogP contribution >= 0.6 is 0 Å². The molecule has 1 aromatic rings. The van der Waals surface area contributed by atoms with Crippen molar-refractivity contribution in [2.45, 2.75) is 38.3 Å². The molecule has 0 spiro atoms. The predicted octanol–water partition coefficient (Wildman–Crippen LogP) is 2.08. The van der Waals surface area contributed by atoms with Crippen molar-refractivity contribution in [1.82, 2.24) is 10.2 Å². The maximum Gasteiger partial charge on any atom is 0.317 e. The number of benzene rings is 1. The number of piperidine rings is 1. The maximum atomic E-state index is 12.3. The molecule has 2 aliphatic rings. The fourth-order valence-corrected chi connectivity index (χ4v) is 2.95. The molecule has 1 aromatic carbocycles. The highest BCUT2D eigenvalue weighted by atomic mass is 16.5. The fourth-order valence-electron chi connectivity index (χ4n) is 2.95. The Morgan fingerprint density at radius 1 is 1.30 bits per heavy atom. The van der Waals surface area contributed by atoms with Crippen LogP contribution in [0.2, 0.25) is 0 Å². The summed E-state index contributed by atoms with van der Waals surface area (Å²) in [4.78, 5) is 14.0. The van der Waals surface area contributed by atoms with E-state index in [0.29, 0.717) is 26.3 Å². The van der Waals surface area contributed by atoms with E-state index in [-0.39, 0.29) is 12.1 Å². The van der Waals surface area contributed by atoms with Crippen LogP contribution in [0.5, 0.6) is 11.5 Å². The number of aliphatic hydroxyl groups excluding tert-OH is 1. The van der Waals surface area contributed by atoms with Gasteiger partial charge < -0.3 is 24.8 Å². The molecule has 0 aliphatic carbocycles. The summed E-state index contributed by atoms with van der Waals surface area (Å²) in [6, 6.07) is 5.49. The zero-order valence-electron chi connectivity index (χ0n) is 13.5. The molecule has 1 saturated heterocycles. The molecule has 2 atom stereocenters. The van der Waals surface area contributed by atoms with E-state index in [1.54, 1.807) is 4.90 Å². The van der Waals surface area contributed by atoms with Gasteiger partial charge in [-0.25, -0.2) is 4.79 Å². The topological polar surface area (TPSA) is 71.0 Å². The van der Waals surface area contributed by atoms with Gasteiger partial charge in [0.05, 0.1) is 25.4 Å². The van der Waals surface area contributed by atoms with Gasteiger partial charge in [-0.2, -0.15) is 0 Å². The summed E-state index contributed by atoms with van der Waals surface area (Å²) in [5.41, 5.74) is 0.972. The van der Waals surface area contributed by atoms with Crippen LogP contribution < -0.4 is 14.8 Å². The average Bonchev–Trinajstić information content (AvgIpc) is 2.79. The SMILES string of the molecule is C[C@H](NC(=O)N1CCC[C@@H](O)C1)c1ccc2c(c1)OCCCO2. The van der Waals surface area contributed by atoms with Gasteiger partial charge in [0.25, 0.3) is 0 Å². The minimum atomic E-state index is -0.414. The Labute approximate surface area is 136 Å². The minimum absolute atomic E-state index is 0.136. The number of likely N-dealkylation sites (tertiary alicyclic amines) is 1. The Bertz CT molecular complexity index is 564. The predicted molar refractivity (Wildman–Crippen MR) is 85.8 cm³/mol. The van der Waals surface area contributed by atoms with Crippen LogP contribution in [-0.4, -0.2) is 48.4 Å². The van der Waals surface area contributed by atoms with E-state index in [9.17, 15) is 9.90 Å². The highest BCUT2D eigenvalue weighted by Gasteiger charge is 2.23. The maximum absolute atomic E-state index is 12.3. The molecule has 2 amide bonds. The van der Waals surface area contributed by atoms with Gasteiger partial charge in [0.15, 0.2) is 11.5 Å². The number of rotatable bonds is 2. The van der Waals surface area contributed by atoms with E-state index < -0.39 is 6.10 Å². The molecule has 23 heavy (non-hydrogen) atoms. The number of carbonyl (C=O) groups excluding carboxylic acids is 1. The highest BCUT2D eigenvalue weighted by molar-refractivity contribution is 5.75. The lowest BCUT2D eigenvalue weighted by Crippen LogP contribution is -2.47. The zero-order valence-corrected chi connectivity index (χ0v) is 13.5. The van der Waals surface area contributed by atoms with Gasteiger partial charge in [0, 0.05) is 19.5 Å². The number of amides is 2. The lowest BCUT2D eigenvalue weighted by molar-refractivity contribution is 0.0835. The van der Waals surface area contributed by atoms with Gasteiger partial charge in [-0.1, -0.05) is 6.07 Å². The number of hydrogen-bond donors (Lipinski definition) is 2. The third kappa shape index (κ3) is 3.88. The van der Waals surface area contributed by atoms with Gasteiger partial charge in [0.1, 0.15) is 0 Å². The lowest BCUT2D eigenvalue weighted by Gasteiger charge is -2.31. The van der Waals surface area contributed by atoms with Crippen molar-refractivity contribution < 1.29 is 19.4 Å². The molecule has 6 nitrogen and oxygen atoms in total. The third-order valence-electron chi connectivity index (χ3n) is 4.30. The smallest absolute Gasteiger partial charge is 0.317 e. The number of nitrogens with zero attached hydrogens (tertiary/aromatic N) is 1. The highest BCUT2D eigenvalue weighted by Crippen LogP contribution is 2.32. The second-order valence-corrected chi connectivity index (χ2v) is 6.17. The van der Waals surface area contributed by atoms with Crippen LogP contribution in [0.3, 0.4) is 0 Å². The van der Waals surface area contributed by atoms with E-state index in [1.165, 1.54) is 0 Å². The second kappa shape index (κ2) is 7.08. The minimum Gasteiger partial charge on any atom is -0.490 e. The number of nitrogens with one attached hydrogen (secondary N) is 1. The van der Waals surface area contributed by atoms with Gasteiger partial charge in [-0.15, -0.1) is 0 Å². The third-order valence-corrected chi connectivity index (χ3v) is 4.30. The molecule has 0 aromatic heterocycles. The number of aliphatic hydroxyl groups is 1. The fraction of sp³-hybridized carbons (Fsp3) is 0.588. The molecule has 0 unspecified atom stereocenters. The number of hydrogen-bond acceptors (Lipinski definition) is 4. The van der Waals surface area contributed by atoms with Crippen molar-refractivity contribution in [3.05, 3.63) is 23.8 Å². The molecule has 126 valence electrons. The molecular formula is C17H24N2O4. The monoisotopic (exact) mass is 320 g/mol. The van der Waals surface area contributed by atoms with Crippen molar-refractivity contribution in [2.24, 2.45) is 0 Å². The molecule has 2 aliphatic heterocycles. The van der Waals surface area contributed by atoms with Crippen LogP contribution in [-0.2, 0) is 0 Å². The van der Waals surface area contributed by atoms with Gasteiger partial charge in [-0.05, 0) is 37.5 Å². The second-order valence-electron chi connectivity index (χ2n) is 6.17. The first-order chi connectivity index (χ1) is 11.1. The van der Waals surface area contributed by atoms with Crippen molar-refractivity contribution in [1.29, 1.82) is 0 Å². The molecule has 2 heterocycles. The summed E-state index contributed by atoms with van der Waals surface area (Å²) in [7, 11) is 0. The van der Waals surface area contributed by atoms with Crippen LogP contribution in [0, 0.1) is 0 Å². The van der Waals surface area contributed by atoms with Crippen molar-refractivity contribution in [3.63, 3.8) is 0 Å². The van der Waals surface area contributed by atoms with Gasteiger partial charge in [0.2, 0.25) is 0 Å². The largest absolute Gasteiger partial charge is 0.490 e. The van der Waals surface area contributed by atoms with E-state index >= 15 is 0 Å². The number of urea groups is 1. The molecule has 0 radical (unpaired) electrons. The standard InChI is InChI=1S/C17H24N2O4/c1-12(18-17(21)19-7-2-4-14(20)11-19)13-5-6-15-16(10-13)23-9-3-8-22-15/h5-6,10,12,14,20H,2-4,7-9,11H2,1H3,(H,18,21)/t12-,14+/m0/s1. The first-order valence-corrected chi connectivity index (χ1v) is 8.26. The normalized spacial score (nSPS) is 22.2. The lowest BCUT2D eigenvalue weighted by atomic mass is 10.1. The molecule has 2 N–H and O–H groups in total.